The zero-order valence-electron chi connectivity index (χ0n) is 11.2. The standard InChI is InChI=1S/C16H12BrClN2O/c1-9-8-11(4-7-13(9)18)15-14(16(19)21-20-15)10-2-5-12(17)6-3-10/h2-8H,19H2,1H3. The summed E-state index contributed by atoms with van der Waals surface area (Å²) in [5.41, 5.74) is 10.3. The van der Waals surface area contributed by atoms with Crippen LogP contribution >= 0.6 is 27.5 Å². The van der Waals surface area contributed by atoms with Gasteiger partial charge in [0.15, 0.2) is 0 Å². The van der Waals surface area contributed by atoms with Gasteiger partial charge in [0, 0.05) is 15.1 Å². The maximum absolute atomic E-state index is 6.07. The van der Waals surface area contributed by atoms with E-state index in [1.165, 1.54) is 0 Å². The predicted octanol–water partition coefficient (Wildman–Crippen LogP) is 5.32. The normalized spacial score (nSPS) is 10.8. The van der Waals surface area contributed by atoms with Crippen molar-refractivity contribution in [3.05, 3.63) is 57.5 Å². The first-order valence-corrected chi connectivity index (χ1v) is 7.51. The van der Waals surface area contributed by atoms with Gasteiger partial charge in [-0.05, 0) is 42.3 Å². The van der Waals surface area contributed by atoms with Crippen LogP contribution in [-0.4, -0.2) is 5.16 Å². The summed E-state index contributed by atoms with van der Waals surface area (Å²) < 4.78 is 6.19. The van der Waals surface area contributed by atoms with Crippen molar-refractivity contribution >= 4 is 33.4 Å². The predicted molar refractivity (Wildman–Crippen MR) is 89.2 cm³/mol. The molecule has 3 rings (SSSR count). The smallest absolute Gasteiger partial charge is 0.230 e. The molecule has 5 heteroatoms. The highest BCUT2D eigenvalue weighted by Crippen LogP contribution is 2.37. The highest BCUT2D eigenvalue weighted by Gasteiger charge is 2.17. The van der Waals surface area contributed by atoms with Crippen molar-refractivity contribution in [1.29, 1.82) is 0 Å². The largest absolute Gasteiger partial charge is 0.367 e. The Hall–Kier alpha value is -1.78. The average molecular weight is 364 g/mol. The number of aryl methyl sites for hydroxylation is 1. The summed E-state index contributed by atoms with van der Waals surface area (Å²) in [7, 11) is 0. The number of rotatable bonds is 2. The van der Waals surface area contributed by atoms with Crippen LogP contribution < -0.4 is 5.73 Å². The molecule has 0 fully saturated rings. The van der Waals surface area contributed by atoms with Crippen LogP contribution in [0.15, 0.2) is 51.5 Å². The SMILES string of the molecule is Cc1cc(-c2noc(N)c2-c2ccc(Br)cc2)ccc1Cl. The fourth-order valence-corrected chi connectivity index (χ4v) is 2.57. The quantitative estimate of drug-likeness (QED) is 0.671. The van der Waals surface area contributed by atoms with Crippen molar-refractivity contribution < 1.29 is 4.52 Å². The van der Waals surface area contributed by atoms with Crippen molar-refractivity contribution in [2.75, 3.05) is 5.73 Å². The molecule has 0 aliphatic carbocycles. The monoisotopic (exact) mass is 362 g/mol. The van der Waals surface area contributed by atoms with E-state index in [-0.39, 0.29) is 0 Å². The lowest BCUT2D eigenvalue weighted by molar-refractivity contribution is 0.439. The molecule has 0 aliphatic rings. The van der Waals surface area contributed by atoms with E-state index in [1.54, 1.807) is 0 Å². The van der Waals surface area contributed by atoms with Gasteiger partial charge in [-0.1, -0.05) is 50.9 Å². The van der Waals surface area contributed by atoms with Crippen LogP contribution in [0.2, 0.25) is 5.02 Å². The summed E-state index contributed by atoms with van der Waals surface area (Å²) in [5.74, 6) is 0.305. The average Bonchev–Trinajstić information content (AvgIpc) is 2.85. The van der Waals surface area contributed by atoms with Gasteiger partial charge in [0.25, 0.3) is 0 Å². The van der Waals surface area contributed by atoms with Gasteiger partial charge in [0.2, 0.25) is 5.88 Å². The minimum Gasteiger partial charge on any atom is -0.367 e. The third-order valence-corrected chi connectivity index (χ3v) is 4.24. The van der Waals surface area contributed by atoms with E-state index in [0.29, 0.717) is 5.88 Å². The van der Waals surface area contributed by atoms with Crippen LogP contribution in [0.5, 0.6) is 0 Å². The van der Waals surface area contributed by atoms with Crippen LogP contribution in [0.4, 0.5) is 5.88 Å². The molecule has 0 aliphatic heterocycles. The molecular formula is C16H12BrClN2O. The van der Waals surface area contributed by atoms with E-state index in [9.17, 15) is 0 Å². The third-order valence-electron chi connectivity index (χ3n) is 3.28. The molecule has 0 atom stereocenters. The molecule has 21 heavy (non-hydrogen) atoms. The lowest BCUT2D eigenvalue weighted by Crippen LogP contribution is -1.88. The number of nitrogens with two attached hydrogens (primary N) is 1. The Morgan fingerprint density at radius 3 is 2.43 bits per heavy atom. The van der Waals surface area contributed by atoms with E-state index in [0.717, 1.165) is 37.4 Å². The molecule has 106 valence electrons. The van der Waals surface area contributed by atoms with E-state index < -0.39 is 0 Å². The summed E-state index contributed by atoms with van der Waals surface area (Å²) in [6.07, 6.45) is 0. The van der Waals surface area contributed by atoms with Gasteiger partial charge in [-0.25, -0.2) is 0 Å². The van der Waals surface area contributed by atoms with Crippen molar-refractivity contribution in [3.8, 4) is 22.4 Å². The van der Waals surface area contributed by atoms with Crippen LogP contribution in [0.1, 0.15) is 5.56 Å². The Kier molecular flexibility index (Phi) is 3.74. The summed E-state index contributed by atoms with van der Waals surface area (Å²) in [4.78, 5) is 0. The first-order valence-electron chi connectivity index (χ1n) is 6.34. The van der Waals surface area contributed by atoms with E-state index in [1.807, 2.05) is 49.4 Å². The molecule has 3 aromatic rings. The molecule has 0 spiro atoms. The van der Waals surface area contributed by atoms with Gasteiger partial charge in [-0.15, -0.1) is 0 Å². The first kappa shape index (κ1) is 14.2. The Morgan fingerprint density at radius 1 is 1.10 bits per heavy atom. The number of hydrogen-bond donors (Lipinski definition) is 1. The van der Waals surface area contributed by atoms with E-state index in [2.05, 4.69) is 21.1 Å². The zero-order valence-corrected chi connectivity index (χ0v) is 13.6. The van der Waals surface area contributed by atoms with Crippen molar-refractivity contribution in [3.63, 3.8) is 0 Å². The van der Waals surface area contributed by atoms with Crippen molar-refractivity contribution in [2.24, 2.45) is 0 Å². The molecule has 0 saturated carbocycles. The topological polar surface area (TPSA) is 52.0 Å². The lowest BCUT2D eigenvalue weighted by Gasteiger charge is -2.05. The second-order valence-electron chi connectivity index (χ2n) is 4.74. The molecule has 1 heterocycles. The maximum atomic E-state index is 6.07. The summed E-state index contributed by atoms with van der Waals surface area (Å²) in [6, 6.07) is 13.6. The number of halogens is 2. The molecule has 0 unspecified atom stereocenters. The Bertz CT molecular complexity index is 797. The van der Waals surface area contributed by atoms with Gasteiger partial charge in [0.1, 0.15) is 5.69 Å². The van der Waals surface area contributed by atoms with E-state index >= 15 is 0 Å². The number of aromatic nitrogens is 1. The molecule has 2 N–H and O–H groups in total. The number of nitrogens with zero attached hydrogens (tertiary/aromatic N) is 1. The highest BCUT2D eigenvalue weighted by molar-refractivity contribution is 9.10. The Balaban J connectivity index is 2.16. The number of nitrogen functional groups attached to an aromatic ring is 1. The fourth-order valence-electron chi connectivity index (χ4n) is 2.19. The minimum atomic E-state index is 0.305. The summed E-state index contributed by atoms with van der Waals surface area (Å²) in [6.45, 7) is 1.95. The summed E-state index contributed by atoms with van der Waals surface area (Å²) >= 11 is 9.50. The lowest BCUT2D eigenvalue weighted by atomic mass is 10.00. The number of anilines is 1. The van der Waals surface area contributed by atoms with Gasteiger partial charge in [0.05, 0.1) is 5.56 Å². The second kappa shape index (κ2) is 5.54. The van der Waals surface area contributed by atoms with Crippen molar-refractivity contribution in [1.82, 2.24) is 5.16 Å². The molecule has 3 nitrogen and oxygen atoms in total. The molecular weight excluding hydrogens is 352 g/mol. The zero-order chi connectivity index (χ0) is 15.0. The van der Waals surface area contributed by atoms with Crippen molar-refractivity contribution in [2.45, 2.75) is 6.92 Å². The molecule has 1 aromatic heterocycles. The Labute approximate surface area is 135 Å². The molecule has 0 amide bonds. The van der Waals surface area contributed by atoms with Gasteiger partial charge in [-0.3, -0.25) is 0 Å². The van der Waals surface area contributed by atoms with Gasteiger partial charge in [-0.2, -0.15) is 0 Å². The third kappa shape index (κ3) is 2.69. The summed E-state index contributed by atoms with van der Waals surface area (Å²) in [5, 5.41) is 4.82. The van der Waals surface area contributed by atoms with Crippen LogP contribution in [0.3, 0.4) is 0 Å². The number of benzene rings is 2. The molecule has 0 radical (unpaired) electrons. The minimum absolute atomic E-state index is 0.305. The Morgan fingerprint density at radius 2 is 1.76 bits per heavy atom. The molecule has 0 bridgehead atoms. The van der Waals surface area contributed by atoms with E-state index in [4.69, 9.17) is 21.9 Å². The van der Waals surface area contributed by atoms with Crippen LogP contribution in [0.25, 0.3) is 22.4 Å². The fraction of sp³-hybridized carbons (Fsp3) is 0.0625. The first-order chi connectivity index (χ1) is 10.1. The van der Waals surface area contributed by atoms with Gasteiger partial charge >= 0.3 is 0 Å². The molecule has 2 aromatic carbocycles. The van der Waals surface area contributed by atoms with Gasteiger partial charge < -0.3 is 10.3 Å². The van der Waals surface area contributed by atoms with Crippen LogP contribution in [0, 0.1) is 6.92 Å². The molecule has 0 saturated heterocycles. The number of hydrogen-bond acceptors (Lipinski definition) is 3. The maximum Gasteiger partial charge on any atom is 0.230 e. The highest BCUT2D eigenvalue weighted by atomic mass is 79.9. The van der Waals surface area contributed by atoms with Crippen LogP contribution in [-0.2, 0) is 0 Å². The second-order valence-corrected chi connectivity index (χ2v) is 6.06.